The molecule has 3 heteroatoms. The maximum Gasteiger partial charge on any atom is 0.0541 e. The van der Waals surface area contributed by atoms with Gasteiger partial charge in [-0.3, -0.25) is 4.98 Å². The van der Waals surface area contributed by atoms with Crippen molar-refractivity contribution in [3.05, 3.63) is 30.1 Å². The summed E-state index contributed by atoms with van der Waals surface area (Å²) in [5.74, 6) is 0. The number of rotatable bonds is 4. The van der Waals surface area contributed by atoms with Gasteiger partial charge in [0.15, 0.2) is 0 Å². The second-order valence-corrected chi connectivity index (χ2v) is 3.48. The third kappa shape index (κ3) is 3.69. The Bertz CT molecular complexity index is 211. The molecule has 66 valence electrons. The number of nitrogens with zero attached hydrogens (tertiary/aromatic N) is 1. The first-order chi connectivity index (χ1) is 5.79. The van der Waals surface area contributed by atoms with Gasteiger partial charge in [-0.25, -0.2) is 0 Å². The van der Waals surface area contributed by atoms with Crippen molar-refractivity contribution in [2.75, 3.05) is 6.54 Å². The van der Waals surface area contributed by atoms with Gasteiger partial charge < -0.3 is 5.32 Å². The van der Waals surface area contributed by atoms with Crippen LogP contribution in [0.5, 0.6) is 0 Å². The van der Waals surface area contributed by atoms with Crippen LogP contribution in [0.1, 0.15) is 12.6 Å². The van der Waals surface area contributed by atoms with Crippen molar-refractivity contribution in [1.82, 2.24) is 10.3 Å². The lowest BCUT2D eigenvalue weighted by Gasteiger charge is -2.04. The summed E-state index contributed by atoms with van der Waals surface area (Å²) in [5.41, 5.74) is 1.05. The quantitative estimate of drug-likeness (QED) is 0.722. The number of hydrogen-bond donors (Lipinski definition) is 1. The second kappa shape index (κ2) is 5.12. The third-order valence-corrected chi connectivity index (χ3v) is 1.61. The van der Waals surface area contributed by atoms with Gasteiger partial charge in [0.1, 0.15) is 0 Å². The van der Waals surface area contributed by atoms with E-state index < -0.39 is 0 Å². The molecule has 0 aliphatic carbocycles. The van der Waals surface area contributed by atoms with Crippen LogP contribution < -0.4 is 5.32 Å². The summed E-state index contributed by atoms with van der Waals surface area (Å²) in [6.07, 6.45) is 1.79. The van der Waals surface area contributed by atoms with Gasteiger partial charge in [-0.15, -0.1) is 11.6 Å². The summed E-state index contributed by atoms with van der Waals surface area (Å²) in [5, 5.41) is 3.38. The van der Waals surface area contributed by atoms with Crippen molar-refractivity contribution >= 4 is 11.6 Å². The molecule has 1 rings (SSSR count). The lowest BCUT2D eigenvalue weighted by molar-refractivity contribution is 0.668. The molecule has 0 spiro atoms. The molecule has 0 fully saturated rings. The number of pyridine rings is 1. The summed E-state index contributed by atoms with van der Waals surface area (Å²) in [6.45, 7) is 3.57. The third-order valence-electron chi connectivity index (χ3n) is 1.46. The molecular formula is C9H13ClN2. The average molecular weight is 185 g/mol. The van der Waals surface area contributed by atoms with Crippen molar-refractivity contribution in [2.45, 2.75) is 18.8 Å². The van der Waals surface area contributed by atoms with Crippen LogP contribution in [0.25, 0.3) is 0 Å². The van der Waals surface area contributed by atoms with E-state index in [1.165, 1.54) is 0 Å². The van der Waals surface area contributed by atoms with Crippen molar-refractivity contribution in [3.63, 3.8) is 0 Å². The van der Waals surface area contributed by atoms with E-state index in [1.807, 2.05) is 25.1 Å². The molecule has 0 radical (unpaired) electrons. The van der Waals surface area contributed by atoms with Crippen LogP contribution in [0.2, 0.25) is 0 Å². The molecule has 12 heavy (non-hydrogen) atoms. The van der Waals surface area contributed by atoms with E-state index in [0.29, 0.717) is 0 Å². The normalized spacial score (nSPS) is 12.8. The molecule has 0 aromatic carbocycles. The molecule has 0 saturated carbocycles. The maximum absolute atomic E-state index is 5.76. The Labute approximate surface area is 78.0 Å². The van der Waals surface area contributed by atoms with Crippen LogP contribution >= 0.6 is 11.6 Å². The lowest BCUT2D eigenvalue weighted by Crippen LogP contribution is -2.21. The number of alkyl halides is 1. The Morgan fingerprint density at radius 3 is 3.00 bits per heavy atom. The Balaban J connectivity index is 2.25. The minimum Gasteiger partial charge on any atom is -0.310 e. The van der Waals surface area contributed by atoms with Crippen LogP contribution in [-0.4, -0.2) is 16.9 Å². The Morgan fingerprint density at radius 1 is 1.58 bits per heavy atom. The molecule has 1 N–H and O–H groups in total. The largest absolute Gasteiger partial charge is 0.310 e. The topological polar surface area (TPSA) is 24.9 Å². The number of nitrogens with one attached hydrogen (secondary N) is 1. The van der Waals surface area contributed by atoms with Crippen molar-refractivity contribution < 1.29 is 0 Å². The van der Waals surface area contributed by atoms with Gasteiger partial charge in [0.25, 0.3) is 0 Å². The van der Waals surface area contributed by atoms with E-state index in [9.17, 15) is 0 Å². The molecule has 2 nitrogen and oxygen atoms in total. The summed E-state index contributed by atoms with van der Waals surface area (Å²) in [4.78, 5) is 4.17. The van der Waals surface area contributed by atoms with Crippen molar-refractivity contribution in [1.29, 1.82) is 0 Å². The number of aromatic nitrogens is 1. The van der Waals surface area contributed by atoms with E-state index in [4.69, 9.17) is 11.6 Å². The smallest absolute Gasteiger partial charge is 0.0541 e. The summed E-state index contributed by atoms with van der Waals surface area (Å²) >= 11 is 5.76. The van der Waals surface area contributed by atoms with Gasteiger partial charge in [0, 0.05) is 24.7 Å². The molecule has 0 aliphatic rings. The Kier molecular flexibility index (Phi) is 4.05. The SMILES string of the molecule is CC(Cl)CNCc1ccccn1. The van der Waals surface area contributed by atoms with Gasteiger partial charge in [-0.05, 0) is 19.1 Å². The predicted octanol–water partition coefficient (Wildman–Crippen LogP) is 1.80. The molecule has 1 aromatic rings. The van der Waals surface area contributed by atoms with E-state index in [1.54, 1.807) is 6.20 Å². The minimum absolute atomic E-state index is 0.175. The van der Waals surface area contributed by atoms with E-state index >= 15 is 0 Å². The standard InChI is InChI=1S/C9H13ClN2/c1-8(10)6-11-7-9-4-2-3-5-12-9/h2-5,8,11H,6-7H2,1H3. The van der Waals surface area contributed by atoms with Gasteiger partial charge in [-0.1, -0.05) is 6.07 Å². The molecular weight excluding hydrogens is 172 g/mol. The fourth-order valence-electron chi connectivity index (χ4n) is 0.902. The van der Waals surface area contributed by atoms with Crippen LogP contribution in [-0.2, 0) is 6.54 Å². The number of halogens is 1. The Hall–Kier alpha value is -0.600. The molecule has 0 aliphatic heterocycles. The van der Waals surface area contributed by atoms with Crippen LogP contribution in [0.15, 0.2) is 24.4 Å². The highest BCUT2D eigenvalue weighted by molar-refractivity contribution is 6.20. The van der Waals surface area contributed by atoms with Gasteiger partial charge in [0.05, 0.1) is 5.69 Å². The zero-order chi connectivity index (χ0) is 8.81. The molecule has 0 saturated heterocycles. The number of hydrogen-bond acceptors (Lipinski definition) is 2. The van der Waals surface area contributed by atoms with E-state index in [0.717, 1.165) is 18.8 Å². The highest BCUT2D eigenvalue weighted by Crippen LogP contribution is 1.94. The molecule has 1 aromatic heterocycles. The first kappa shape index (κ1) is 9.49. The zero-order valence-corrected chi connectivity index (χ0v) is 7.88. The monoisotopic (exact) mass is 184 g/mol. The Morgan fingerprint density at radius 2 is 2.42 bits per heavy atom. The lowest BCUT2D eigenvalue weighted by atomic mass is 10.3. The van der Waals surface area contributed by atoms with Crippen LogP contribution in [0.3, 0.4) is 0 Å². The summed E-state index contributed by atoms with van der Waals surface area (Å²) < 4.78 is 0. The van der Waals surface area contributed by atoms with Crippen molar-refractivity contribution in [3.8, 4) is 0 Å². The van der Waals surface area contributed by atoms with Gasteiger partial charge in [0.2, 0.25) is 0 Å². The van der Waals surface area contributed by atoms with Crippen LogP contribution in [0, 0.1) is 0 Å². The average Bonchev–Trinajstić information content (AvgIpc) is 2.05. The molecule has 1 atom stereocenters. The summed E-state index contributed by atoms with van der Waals surface area (Å²) in [6, 6.07) is 5.88. The highest BCUT2D eigenvalue weighted by Gasteiger charge is 1.95. The molecule has 1 heterocycles. The zero-order valence-electron chi connectivity index (χ0n) is 7.13. The fraction of sp³-hybridized carbons (Fsp3) is 0.444. The van der Waals surface area contributed by atoms with E-state index in [2.05, 4.69) is 10.3 Å². The first-order valence-corrected chi connectivity index (χ1v) is 4.47. The summed E-state index contributed by atoms with van der Waals surface area (Å²) in [7, 11) is 0. The van der Waals surface area contributed by atoms with Gasteiger partial charge in [-0.2, -0.15) is 0 Å². The highest BCUT2D eigenvalue weighted by atomic mass is 35.5. The maximum atomic E-state index is 5.76. The first-order valence-electron chi connectivity index (χ1n) is 4.03. The van der Waals surface area contributed by atoms with Crippen LogP contribution in [0.4, 0.5) is 0 Å². The van der Waals surface area contributed by atoms with E-state index in [-0.39, 0.29) is 5.38 Å². The fourth-order valence-corrected chi connectivity index (χ4v) is 1.01. The molecule has 0 bridgehead atoms. The van der Waals surface area contributed by atoms with Crippen molar-refractivity contribution in [2.24, 2.45) is 0 Å². The second-order valence-electron chi connectivity index (χ2n) is 2.73. The van der Waals surface area contributed by atoms with Gasteiger partial charge >= 0.3 is 0 Å². The molecule has 1 unspecified atom stereocenters. The molecule has 0 amide bonds. The minimum atomic E-state index is 0.175. The predicted molar refractivity (Wildman–Crippen MR) is 51.3 cm³/mol.